The third-order valence-corrected chi connectivity index (χ3v) is 3.78. The van der Waals surface area contributed by atoms with Crippen molar-refractivity contribution in [2.45, 2.75) is 25.7 Å². The van der Waals surface area contributed by atoms with Crippen molar-refractivity contribution < 1.29 is 9.47 Å². The highest BCUT2D eigenvalue weighted by Crippen LogP contribution is 2.20. The molecule has 0 aromatic heterocycles. The van der Waals surface area contributed by atoms with Gasteiger partial charge in [0.1, 0.15) is 12.4 Å². The van der Waals surface area contributed by atoms with Crippen molar-refractivity contribution in [1.29, 1.82) is 0 Å². The number of aryl methyl sites for hydroxylation is 1. The zero-order chi connectivity index (χ0) is 13.3. The molecule has 1 aliphatic rings. The van der Waals surface area contributed by atoms with Crippen LogP contribution in [-0.2, 0) is 11.2 Å². The molecule has 1 N–H and O–H groups in total. The van der Waals surface area contributed by atoms with E-state index in [-0.39, 0.29) is 0 Å². The van der Waals surface area contributed by atoms with Gasteiger partial charge >= 0.3 is 0 Å². The molecule has 0 atom stereocenters. The van der Waals surface area contributed by atoms with Crippen molar-refractivity contribution in [2.24, 2.45) is 5.92 Å². The third kappa shape index (κ3) is 5.21. The molecule has 19 heavy (non-hydrogen) atoms. The van der Waals surface area contributed by atoms with E-state index in [1.165, 1.54) is 44.3 Å². The first-order chi connectivity index (χ1) is 9.38. The zero-order valence-corrected chi connectivity index (χ0v) is 11.9. The predicted octanol–water partition coefficient (Wildman–Crippen LogP) is 2.64. The Balaban J connectivity index is 1.71. The van der Waals surface area contributed by atoms with Gasteiger partial charge < -0.3 is 14.8 Å². The Hall–Kier alpha value is -1.06. The van der Waals surface area contributed by atoms with Gasteiger partial charge in [0.15, 0.2) is 0 Å². The Morgan fingerprint density at radius 1 is 1.11 bits per heavy atom. The van der Waals surface area contributed by atoms with E-state index >= 15 is 0 Å². The second-order valence-corrected chi connectivity index (χ2v) is 5.22. The minimum absolute atomic E-state index is 0.616. The van der Waals surface area contributed by atoms with E-state index in [4.69, 9.17) is 9.47 Å². The molecule has 1 heterocycles. The molecule has 0 aliphatic carbocycles. The number of ether oxygens (including phenoxy) is 2. The van der Waals surface area contributed by atoms with E-state index in [9.17, 15) is 0 Å². The van der Waals surface area contributed by atoms with Gasteiger partial charge in [-0.15, -0.1) is 0 Å². The molecule has 106 valence electrons. The van der Waals surface area contributed by atoms with Gasteiger partial charge in [0.05, 0.1) is 6.61 Å². The second kappa shape index (κ2) is 8.18. The molecule has 0 saturated carbocycles. The van der Waals surface area contributed by atoms with E-state index in [2.05, 4.69) is 29.6 Å². The Bertz CT molecular complexity index is 344. The molecule has 0 unspecified atom stereocenters. The van der Waals surface area contributed by atoms with Crippen LogP contribution < -0.4 is 10.1 Å². The summed E-state index contributed by atoms with van der Waals surface area (Å²) in [5, 5.41) is 3.42. The zero-order valence-electron chi connectivity index (χ0n) is 11.9. The number of piperidine rings is 1. The first-order valence-electron chi connectivity index (χ1n) is 7.30. The largest absolute Gasteiger partial charge is 0.491 e. The summed E-state index contributed by atoms with van der Waals surface area (Å²) in [5.74, 6) is 1.83. The van der Waals surface area contributed by atoms with Crippen LogP contribution in [-0.4, -0.2) is 33.4 Å². The minimum Gasteiger partial charge on any atom is -0.491 e. The topological polar surface area (TPSA) is 30.5 Å². The molecule has 3 nitrogen and oxygen atoms in total. The van der Waals surface area contributed by atoms with Crippen LogP contribution in [0.1, 0.15) is 24.8 Å². The average Bonchev–Trinajstić information content (AvgIpc) is 2.48. The van der Waals surface area contributed by atoms with Gasteiger partial charge in [0.25, 0.3) is 0 Å². The van der Waals surface area contributed by atoms with E-state index in [0.29, 0.717) is 13.2 Å². The highest BCUT2D eigenvalue weighted by molar-refractivity contribution is 5.27. The van der Waals surface area contributed by atoms with Crippen LogP contribution in [0.5, 0.6) is 5.75 Å². The maximum absolute atomic E-state index is 5.56. The molecule has 1 saturated heterocycles. The van der Waals surface area contributed by atoms with Crippen molar-refractivity contribution in [3.63, 3.8) is 0 Å². The fraction of sp³-hybridized carbons (Fsp3) is 0.625. The summed E-state index contributed by atoms with van der Waals surface area (Å²) in [5.41, 5.74) is 1.41. The van der Waals surface area contributed by atoms with E-state index < -0.39 is 0 Å². The van der Waals surface area contributed by atoms with Gasteiger partial charge in [-0.25, -0.2) is 0 Å². The summed E-state index contributed by atoms with van der Waals surface area (Å²) in [6.07, 6.45) is 5.16. The van der Waals surface area contributed by atoms with E-state index in [1.54, 1.807) is 7.11 Å². The third-order valence-electron chi connectivity index (χ3n) is 3.78. The van der Waals surface area contributed by atoms with Gasteiger partial charge in [-0.05, 0) is 62.4 Å². The van der Waals surface area contributed by atoms with Crippen molar-refractivity contribution in [3.8, 4) is 5.75 Å². The summed E-state index contributed by atoms with van der Waals surface area (Å²) in [4.78, 5) is 0. The second-order valence-electron chi connectivity index (χ2n) is 5.22. The lowest BCUT2D eigenvalue weighted by Gasteiger charge is -2.22. The Kier molecular flexibility index (Phi) is 6.18. The van der Waals surface area contributed by atoms with Crippen molar-refractivity contribution in [2.75, 3.05) is 33.4 Å². The summed E-state index contributed by atoms with van der Waals surface area (Å²) >= 11 is 0. The summed E-state index contributed by atoms with van der Waals surface area (Å²) in [6.45, 7) is 3.64. The number of rotatable bonds is 7. The van der Waals surface area contributed by atoms with Crippen LogP contribution in [0.2, 0.25) is 0 Å². The standard InChI is InChI=1S/C16H25NO2/c1-18-12-13-19-16-6-4-14(5-7-16)2-3-15-8-10-17-11-9-15/h4-7,15,17H,2-3,8-13H2,1H3. The highest BCUT2D eigenvalue weighted by Gasteiger charge is 2.12. The molecule has 2 rings (SSSR count). The van der Waals surface area contributed by atoms with Crippen molar-refractivity contribution in [3.05, 3.63) is 29.8 Å². The summed E-state index contributed by atoms with van der Waals surface area (Å²) in [7, 11) is 1.69. The number of methoxy groups -OCH3 is 1. The lowest BCUT2D eigenvalue weighted by molar-refractivity contribution is 0.146. The van der Waals surface area contributed by atoms with Gasteiger partial charge in [-0.3, -0.25) is 0 Å². The summed E-state index contributed by atoms with van der Waals surface area (Å²) < 4.78 is 10.5. The van der Waals surface area contributed by atoms with E-state index in [0.717, 1.165) is 11.7 Å². The molecule has 0 bridgehead atoms. The number of hydrogen-bond donors (Lipinski definition) is 1. The molecule has 0 radical (unpaired) electrons. The Labute approximate surface area is 116 Å². The fourth-order valence-electron chi connectivity index (χ4n) is 2.54. The van der Waals surface area contributed by atoms with Gasteiger partial charge in [-0.2, -0.15) is 0 Å². The van der Waals surface area contributed by atoms with Gasteiger partial charge in [0.2, 0.25) is 0 Å². The quantitative estimate of drug-likeness (QED) is 0.767. The monoisotopic (exact) mass is 263 g/mol. The number of benzene rings is 1. The first kappa shape index (κ1) is 14.4. The van der Waals surface area contributed by atoms with E-state index in [1.807, 2.05) is 0 Å². The maximum atomic E-state index is 5.56. The molecule has 1 aromatic carbocycles. The highest BCUT2D eigenvalue weighted by atomic mass is 16.5. The smallest absolute Gasteiger partial charge is 0.119 e. The molecule has 1 fully saturated rings. The lowest BCUT2D eigenvalue weighted by atomic mass is 9.91. The van der Waals surface area contributed by atoms with Crippen LogP contribution in [0.15, 0.2) is 24.3 Å². The molecular formula is C16H25NO2. The van der Waals surface area contributed by atoms with Crippen LogP contribution in [0.3, 0.4) is 0 Å². The maximum Gasteiger partial charge on any atom is 0.119 e. The predicted molar refractivity (Wildman–Crippen MR) is 77.7 cm³/mol. The average molecular weight is 263 g/mol. The van der Waals surface area contributed by atoms with Gasteiger partial charge in [-0.1, -0.05) is 12.1 Å². The van der Waals surface area contributed by atoms with Crippen LogP contribution in [0.4, 0.5) is 0 Å². The molecular weight excluding hydrogens is 238 g/mol. The SMILES string of the molecule is COCCOc1ccc(CCC2CCNCC2)cc1. The minimum atomic E-state index is 0.616. The van der Waals surface area contributed by atoms with Crippen LogP contribution in [0, 0.1) is 5.92 Å². The number of nitrogens with one attached hydrogen (secondary N) is 1. The normalized spacial score (nSPS) is 16.5. The molecule has 0 spiro atoms. The Morgan fingerprint density at radius 2 is 1.84 bits per heavy atom. The Morgan fingerprint density at radius 3 is 2.53 bits per heavy atom. The summed E-state index contributed by atoms with van der Waals surface area (Å²) in [6, 6.07) is 8.49. The lowest BCUT2D eigenvalue weighted by Crippen LogP contribution is -2.27. The van der Waals surface area contributed by atoms with Gasteiger partial charge in [0, 0.05) is 7.11 Å². The molecule has 3 heteroatoms. The fourth-order valence-corrected chi connectivity index (χ4v) is 2.54. The van der Waals surface area contributed by atoms with Crippen molar-refractivity contribution in [1.82, 2.24) is 5.32 Å². The molecule has 1 aliphatic heterocycles. The van der Waals surface area contributed by atoms with Crippen molar-refractivity contribution >= 4 is 0 Å². The molecule has 1 aromatic rings. The first-order valence-corrected chi connectivity index (χ1v) is 7.30. The number of hydrogen-bond acceptors (Lipinski definition) is 3. The van der Waals surface area contributed by atoms with Crippen LogP contribution in [0.25, 0.3) is 0 Å². The molecule has 0 amide bonds. The van der Waals surface area contributed by atoms with Crippen LogP contribution >= 0.6 is 0 Å².